The Bertz CT molecular complexity index is 356. The lowest BCUT2D eigenvalue weighted by Gasteiger charge is -2.26. The Morgan fingerprint density at radius 2 is 2.10 bits per heavy atom. The van der Waals surface area contributed by atoms with E-state index in [0.29, 0.717) is 18.6 Å². The molecule has 120 valence electrons. The lowest BCUT2D eigenvalue weighted by atomic mass is 9.80. The van der Waals surface area contributed by atoms with E-state index in [2.05, 4.69) is 10.1 Å². The number of hydrogen-bond donors (Lipinski definition) is 0. The van der Waals surface area contributed by atoms with Gasteiger partial charge in [-0.15, -0.1) is 0 Å². The second kappa shape index (κ2) is 8.32. The average Bonchev–Trinajstić information content (AvgIpc) is 2.92. The van der Waals surface area contributed by atoms with E-state index in [-0.39, 0.29) is 17.4 Å². The lowest BCUT2D eigenvalue weighted by molar-refractivity contribution is -0.486. The summed E-state index contributed by atoms with van der Waals surface area (Å²) < 4.78 is 5.22. The molecular formula is C15H27N3O3. The molecule has 0 spiro atoms. The smallest absolute Gasteiger partial charge is 0.211 e. The van der Waals surface area contributed by atoms with Crippen molar-refractivity contribution < 1.29 is 9.66 Å². The highest BCUT2D eigenvalue weighted by atomic mass is 16.6. The van der Waals surface area contributed by atoms with Crippen LogP contribution in [0.15, 0.2) is 5.10 Å². The number of nitrogens with zero attached hydrogens (tertiary/aromatic N) is 3. The molecule has 0 aromatic rings. The fraction of sp³-hybridized carbons (Fsp3) is 0.933. The highest BCUT2D eigenvalue weighted by molar-refractivity contribution is 5.61. The summed E-state index contributed by atoms with van der Waals surface area (Å²) in [5.41, 5.74) is 0. The first-order chi connectivity index (χ1) is 10.2. The zero-order chi connectivity index (χ0) is 15.1. The molecule has 1 heterocycles. The van der Waals surface area contributed by atoms with E-state index < -0.39 is 0 Å². The first-order valence-corrected chi connectivity index (χ1v) is 8.12. The molecule has 2 rings (SSSR count). The maximum Gasteiger partial charge on any atom is 0.211 e. The Hall–Kier alpha value is -1.17. The van der Waals surface area contributed by atoms with Gasteiger partial charge in [0, 0.05) is 24.8 Å². The van der Waals surface area contributed by atoms with Gasteiger partial charge < -0.3 is 4.74 Å². The predicted molar refractivity (Wildman–Crippen MR) is 82.0 cm³/mol. The van der Waals surface area contributed by atoms with Gasteiger partial charge in [-0.3, -0.25) is 15.1 Å². The molecule has 0 amide bonds. The number of rotatable bonds is 7. The van der Waals surface area contributed by atoms with Gasteiger partial charge in [0.15, 0.2) is 0 Å². The van der Waals surface area contributed by atoms with Crippen molar-refractivity contribution in [1.82, 2.24) is 5.01 Å². The second-order valence-corrected chi connectivity index (χ2v) is 6.26. The maximum atomic E-state index is 10.9. The van der Waals surface area contributed by atoms with Crippen LogP contribution in [0.25, 0.3) is 0 Å². The minimum atomic E-state index is -0.193. The Morgan fingerprint density at radius 1 is 1.33 bits per heavy atom. The molecule has 6 nitrogen and oxygen atoms in total. The number of ether oxygens (including phenoxy) is 1. The first-order valence-electron chi connectivity index (χ1n) is 8.12. The van der Waals surface area contributed by atoms with Crippen LogP contribution in [0.1, 0.15) is 44.9 Å². The zero-order valence-electron chi connectivity index (χ0n) is 12.9. The second-order valence-electron chi connectivity index (χ2n) is 6.26. The van der Waals surface area contributed by atoms with Crippen LogP contribution in [0.2, 0.25) is 0 Å². The lowest BCUT2D eigenvalue weighted by Crippen LogP contribution is -2.31. The van der Waals surface area contributed by atoms with E-state index in [1.807, 2.05) is 6.21 Å². The molecule has 21 heavy (non-hydrogen) atoms. The van der Waals surface area contributed by atoms with Crippen LogP contribution in [-0.4, -0.2) is 49.0 Å². The van der Waals surface area contributed by atoms with Crippen LogP contribution in [0.4, 0.5) is 0 Å². The minimum Gasteiger partial charge on any atom is -0.382 e. The van der Waals surface area contributed by atoms with E-state index in [4.69, 9.17) is 4.74 Å². The molecule has 1 saturated heterocycles. The Labute approximate surface area is 126 Å². The highest BCUT2D eigenvalue weighted by Gasteiger charge is 2.28. The fourth-order valence-corrected chi connectivity index (χ4v) is 3.56. The minimum absolute atomic E-state index is 0.0109. The Kier molecular flexibility index (Phi) is 6.42. The van der Waals surface area contributed by atoms with Gasteiger partial charge in [0.25, 0.3) is 0 Å². The van der Waals surface area contributed by atoms with Crippen molar-refractivity contribution >= 4 is 6.21 Å². The molecule has 0 bridgehead atoms. The summed E-state index contributed by atoms with van der Waals surface area (Å²) in [4.78, 5) is 10.7. The van der Waals surface area contributed by atoms with Gasteiger partial charge in [-0.1, -0.05) is 19.3 Å². The van der Waals surface area contributed by atoms with Crippen molar-refractivity contribution in [3.8, 4) is 0 Å². The topological polar surface area (TPSA) is 68.0 Å². The van der Waals surface area contributed by atoms with E-state index in [1.54, 1.807) is 7.11 Å². The Balaban J connectivity index is 1.96. The van der Waals surface area contributed by atoms with Gasteiger partial charge in [-0.2, -0.15) is 5.10 Å². The molecule has 0 aromatic heterocycles. The third-order valence-electron chi connectivity index (χ3n) is 4.73. The molecule has 2 atom stereocenters. The van der Waals surface area contributed by atoms with Gasteiger partial charge in [0.1, 0.15) is 0 Å². The molecule has 0 radical (unpaired) electrons. The molecule has 1 aliphatic heterocycles. The standard InChI is InChI=1S/C15H27N3O3/c1-21-12-15-8-5-9-17(15)16-10-14(11-18(19)20)13-6-3-2-4-7-13/h10,13-15H,2-9,11-12H2,1H3/b16-10+/t14?,15-/m0/s1. The molecular weight excluding hydrogens is 270 g/mol. The highest BCUT2D eigenvalue weighted by Crippen LogP contribution is 2.29. The molecule has 1 unspecified atom stereocenters. The summed E-state index contributed by atoms with van der Waals surface area (Å²) in [7, 11) is 1.71. The largest absolute Gasteiger partial charge is 0.382 e. The van der Waals surface area contributed by atoms with Crippen molar-refractivity contribution in [2.24, 2.45) is 16.9 Å². The van der Waals surface area contributed by atoms with Gasteiger partial charge in [0.2, 0.25) is 6.54 Å². The number of methoxy groups -OCH3 is 1. The summed E-state index contributed by atoms with van der Waals surface area (Å²) in [6.07, 6.45) is 9.93. The average molecular weight is 297 g/mol. The van der Waals surface area contributed by atoms with Gasteiger partial charge >= 0.3 is 0 Å². The van der Waals surface area contributed by atoms with Crippen molar-refractivity contribution in [2.45, 2.75) is 51.0 Å². The number of nitro groups is 1. The van der Waals surface area contributed by atoms with Crippen LogP contribution in [0, 0.1) is 22.0 Å². The SMILES string of the molecule is COC[C@@H]1CCCN1/N=C/C(C[N+](=O)[O-])C1CCCCC1. The third kappa shape index (κ3) is 4.95. The van der Waals surface area contributed by atoms with E-state index in [0.717, 1.165) is 32.2 Å². The summed E-state index contributed by atoms with van der Waals surface area (Å²) in [6.45, 7) is 1.62. The third-order valence-corrected chi connectivity index (χ3v) is 4.73. The van der Waals surface area contributed by atoms with Crippen LogP contribution in [0.5, 0.6) is 0 Å². The summed E-state index contributed by atoms with van der Waals surface area (Å²) in [6, 6.07) is 0.328. The van der Waals surface area contributed by atoms with Crippen LogP contribution in [-0.2, 0) is 4.74 Å². The van der Waals surface area contributed by atoms with Crippen LogP contribution in [0.3, 0.4) is 0 Å². The predicted octanol–water partition coefficient (Wildman–Crippen LogP) is 2.56. The van der Waals surface area contributed by atoms with E-state index in [9.17, 15) is 10.1 Å². The molecule has 2 fully saturated rings. The number of hydrogen-bond acceptors (Lipinski definition) is 5. The van der Waals surface area contributed by atoms with Gasteiger partial charge in [-0.25, -0.2) is 0 Å². The van der Waals surface area contributed by atoms with Gasteiger partial charge in [0.05, 0.1) is 18.6 Å². The van der Waals surface area contributed by atoms with Crippen LogP contribution < -0.4 is 0 Å². The van der Waals surface area contributed by atoms with E-state index in [1.165, 1.54) is 19.3 Å². The fourth-order valence-electron chi connectivity index (χ4n) is 3.56. The zero-order valence-corrected chi connectivity index (χ0v) is 12.9. The molecule has 1 aliphatic carbocycles. The van der Waals surface area contributed by atoms with Crippen molar-refractivity contribution in [3.05, 3.63) is 10.1 Å². The Morgan fingerprint density at radius 3 is 2.76 bits per heavy atom. The van der Waals surface area contributed by atoms with Gasteiger partial charge in [-0.05, 0) is 31.6 Å². The van der Waals surface area contributed by atoms with Crippen molar-refractivity contribution in [2.75, 3.05) is 26.8 Å². The maximum absolute atomic E-state index is 10.9. The normalized spacial score (nSPS) is 25.6. The quantitative estimate of drug-likeness (QED) is 0.411. The number of hydrazone groups is 1. The molecule has 2 aliphatic rings. The summed E-state index contributed by atoms with van der Waals surface area (Å²) in [5.74, 6) is 0.403. The van der Waals surface area contributed by atoms with Crippen molar-refractivity contribution in [3.63, 3.8) is 0 Å². The molecule has 6 heteroatoms. The monoisotopic (exact) mass is 297 g/mol. The van der Waals surface area contributed by atoms with Crippen LogP contribution >= 0.6 is 0 Å². The van der Waals surface area contributed by atoms with E-state index >= 15 is 0 Å². The summed E-state index contributed by atoms with van der Waals surface area (Å²) in [5, 5.41) is 17.6. The summed E-state index contributed by atoms with van der Waals surface area (Å²) >= 11 is 0. The molecule has 1 saturated carbocycles. The first kappa shape index (κ1) is 16.2. The molecule has 0 aromatic carbocycles. The molecule has 0 N–H and O–H groups in total. The van der Waals surface area contributed by atoms with Crippen molar-refractivity contribution in [1.29, 1.82) is 0 Å².